The van der Waals surface area contributed by atoms with Gasteiger partial charge in [0.15, 0.2) is 11.7 Å². The molecule has 38 heavy (non-hydrogen) atoms. The van der Waals surface area contributed by atoms with E-state index in [0.717, 1.165) is 4.57 Å². The van der Waals surface area contributed by atoms with Crippen LogP contribution >= 0.6 is 15.6 Å². The zero-order valence-electron chi connectivity index (χ0n) is 19.0. The number of imidazole rings is 1. The zero-order valence-corrected chi connectivity index (χ0v) is 20.8. The molecule has 1 aliphatic carbocycles. The Hall–Kier alpha value is -2.28. The third-order valence-electron chi connectivity index (χ3n) is 6.60. The van der Waals surface area contributed by atoms with Crippen LogP contribution in [0, 0.1) is 5.92 Å². The first kappa shape index (κ1) is 27.3. The lowest BCUT2D eigenvalue weighted by molar-refractivity contribution is -0.717. The fourth-order valence-corrected chi connectivity index (χ4v) is 6.86. The second-order valence-electron chi connectivity index (χ2n) is 8.86. The van der Waals surface area contributed by atoms with Crippen LogP contribution in [0.25, 0.3) is 21.6 Å². The molecule has 0 aromatic carbocycles. The second-order valence-corrected chi connectivity index (χ2v) is 11.9. The van der Waals surface area contributed by atoms with Gasteiger partial charge in [0.25, 0.3) is 13.6 Å². The van der Waals surface area contributed by atoms with Crippen LogP contribution in [-0.2, 0) is 27.2 Å². The number of rotatable bonds is 1. The van der Waals surface area contributed by atoms with Crippen molar-refractivity contribution in [3.8, 4) is 0 Å². The normalized spacial score (nSPS) is 41.7. The van der Waals surface area contributed by atoms with Crippen LogP contribution in [0.4, 0.5) is 11.8 Å². The zero-order chi connectivity index (χ0) is 27.6. The standard InChI is InChI=1S/C16H22N8O12P2/c17-13-8-14-19-4-23(13)6-1-5(9(25)10(6)26)2-33-37(29,30)36-38(31,32)34-3-7-11(27)12(28)15(35-7)24(14)16(20-8)21-22-18/h4-7,9-12,15,17,25-28H,1-3H2,(H2,29,30,31,32)/t5-,6-,7-,9-,10+,11-,12-,15-/m1/s1. The number of nitrogens with two attached hydrogens (primary N) is 1. The highest BCUT2D eigenvalue weighted by Gasteiger charge is 2.49. The van der Waals surface area contributed by atoms with E-state index in [2.05, 4.69) is 28.8 Å². The van der Waals surface area contributed by atoms with E-state index in [4.69, 9.17) is 20.5 Å². The Labute approximate surface area is 211 Å². The third kappa shape index (κ3) is 4.69. The minimum atomic E-state index is -5.54. The molecule has 1 saturated carbocycles. The van der Waals surface area contributed by atoms with Gasteiger partial charge in [0.1, 0.15) is 30.5 Å². The Morgan fingerprint density at radius 3 is 2.63 bits per heavy atom. The molecule has 8 bridgehead atoms. The van der Waals surface area contributed by atoms with Gasteiger partial charge in [0, 0.05) is 10.8 Å². The number of hydrogen-bond acceptors (Lipinski definition) is 15. The van der Waals surface area contributed by atoms with Gasteiger partial charge in [-0.15, -0.1) is 0 Å². The van der Waals surface area contributed by atoms with E-state index in [1.54, 1.807) is 0 Å². The molecular formula is C16H22N8O12P2. The van der Waals surface area contributed by atoms with Crippen LogP contribution in [-0.4, -0.2) is 83.6 Å². The molecule has 2 unspecified atom stereocenters. The highest BCUT2D eigenvalue weighted by molar-refractivity contribution is 7.60. The van der Waals surface area contributed by atoms with E-state index in [9.17, 15) is 39.3 Å². The highest BCUT2D eigenvalue weighted by atomic mass is 31.3. The number of aliphatic hydroxyl groups is 4. The number of phosphoric ester groups is 2. The summed E-state index contributed by atoms with van der Waals surface area (Å²) >= 11 is 0. The smallest absolute Gasteiger partial charge is 0.478 e. The van der Waals surface area contributed by atoms with Crippen LogP contribution < -0.4 is 15.2 Å². The number of hydrogen-bond donors (Lipinski definition) is 6. The molecule has 0 spiro atoms. The molecule has 4 aliphatic rings. The lowest BCUT2D eigenvalue weighted by Crippen LogP contribution is -2.48. The Morgan fingerprint density at radius 2 is 1.92 bits per heavy atom. The van der Waals surface area contributed by atoms with Crippen molar-refractivity contribution in [2.75, 3.05) is 18.9 Å². The molecule has 20 nitrogen and oxygen atoms in total. The summed E-state index contributed by atoms with van der Waals surface area (Å²) in [5, 5.41) is 45.7. The van der Waals surface area contributed by atoms with Crippen LogP contribution in [0.2, 0.25) is 0 Å². The summed E-state index contributed by atoms with van der Waals surface area (Å²) in [6.45, 7) is -1.67. The van der Waals surface area contributed by atoms with Gasteiger partial charge < -0.3 is 45.2 Å². The number of azide groups is 1. The Morgan fingerprint density at radius 1 is 1.18 bits per heavy atom. The third-order valence-corrected chi connectivity index (χ3v) is 9.16. The predicted octanol–water partition coefficient (Wildman–Crippen LogP) is -2.22. The summed E-state index contributed by atoms with van der Waals surface area (Å²) < 4.78 is 45.7. The van der Waals surface area contributed by atoms with Crippen molar-refractivity contribution in [3.63, 3.8) is 0 Å². The minimum absolute atomic E-state index is 0.0558. The first-order valence-electron chi connectivity index (χ1n) is 11.0. The van der Waals surface area contributed by atoms with Crippen LogP contribution in [0.5, 0.6) is 0 Å². The summed E-state index contributed by atoms with van der Waals surface area (Å²) in [6, 6.07) is -0.949. The van der Waals surface area contributed by atoms with Gasteiger partial charge in [-0.3, -0.25) is 13.7 Å². The SMILES string of the molecule is [N-]=[N+]=Nc1nc2c(N)[n+]3cnc2n1[C@@H]1O[C@H](COP(=O)([O-])OP(=O)(O)OC[C@H]2C[C@@H]3[C@H](O)[C@@H]2O)[C@@H](O)[C@H]1O. The molecule has 2 aromatic heterocycles. The van der Waals surface area contributed by atoms with Crippen molar-refractivity contribution in [2.24, 2.45) is 11.0 Å². The topological polar surface area (TPSA) is 305 Å². The molecule has 2 fully saturated rings. The summed E-state index contributed by atoms with van der Waals surface area (Å²) in [6.07, 6.45) is -8.41. The fraction of sp³-hybridized carbons (Fsp3) is 0.688. The van der Waals surface area contributed by atoms with E-state index in [1.807, 2.05) is 0 Å². The molecule has 6 rings (SSSR count). The van der Waals surface area contributed by atoms with Gasteiger partial charge in [-0.2, -0.15) is 0 Å². The number of phosphoric acid groups is 2. The second kappa shape index (κ2) is 9.72. The first-order valence-corrected chi connectivity index (χ1v) is 13.9. The van der Waals surface area contributed by atoms with E-state index in [1.165, 1.54) is 10.9 Å². The quantitative estimate of drug-likeness (QED) is 0.0684. The lowest BCUT2D eigenvalue weighted by Gasteiger charge is -2.27. The number of anilines is 1. The van der Waals surface area contributed by atoms with Crippen molar-refractivity contribution in [2.45, 2.75) is 49.2 Å². The van der Waals surface area contributed by atoms with Gasteiger partial charge in [-0.05, 0) is 17.1 Å². The molecule has 5 heterocycles. The van der Waals surface area contributed by atoms with E-state index in [0.29, 0.717) is 0 Å². The summed E-state index contributed by atoms with van der Waals surface area (Å²) in [5.74, 6) is -1.45. The van der Waals surface area contributed by atoms with Crippen molar-refractivity contribution in [1.29, 1.82) is 0 Å². The molecule has 10 atom stereocenters. The maximum atomic E-state index is 12.2. The van der Waals surface area contributed by atoms with E-state index >= 15 is 0 Å². The molecule has 22 heteroatoms. The Kier molecular flexibility index (Phi) is 6.98. The number of aliphatic hydroxyl groups excluding tert-OH is 4. The Balaban J connectivity index is 1.64. The van der Waals surface area contributed by atoms with Crippen LogP contribution in [0.1, 0.15) is 18.7 Å². The maximum absolute atomic E-state index is 12.2. The van der Waals surface area contributed by atoms with E-state index < -0.39 is 77.6 Å². The lowest BCUT2D eigenvalue weighted by atomic mass is 10.1. The number of ether oxygens (including phenoxy) is 1. The van der Waals surface area contributed by atoms with Crippen LogP contribution in [0.3, 0.4) is 0 Å². The van der Waals surface area contributed by atoms with Gasteiger partial charge in [0.05, 0.1) is 19.3 Å². The summed E-state index contributed by atoms with van der Waals surface area (Å²) in [4.78, 5) is 33.1. The number of aromatic nitrogens is 4. The molecule has 1 saturated heterocycles. The molecule has 0 radical (unpaired) electrons. The minimum Gasteiger partial charge on any atom is -0.756 e. The number of nitrogens with zero attached hydrogens (tertiary/aromatic N) is 7. The van der Waals surface area contributed by atoms with Crippen LogP contribution in [0.15, 0.2) is 11.4 Å². The number of nitrogen functional groups attached to an aromatic ring is 1. The van der Waals surface area contributed by atoms with Gasteiger partial charge in [0.2, 0.25) is 17.9 Å². The van der Waals surface area contributed by atoms with Gasteiger partial charge in [-0.1, -0.05) is 4.98 Å². The average molecular weight is 580 g/mol. The largest absolute Gasteiger partial charge is 0.756 e. The Bertz CT molecular complexity index is 1400. The molecule has 2 aromatic rings. The molecule has 7 N–H and O–H groups in total. The molecular weight excluding hydrogens is 558 g/mol. The molecule has 0 amide bonds. The monoisotopic (exact) mass is 580 g/mol. The maximum Gasteiger partial charge on any atom is 0.478 e. The van der Waals surface area contributed by atoms with Crippen molar-refractivity contribution >= 4 is 38.6 Å². The summed E-state index contributed by atoms with van der Waals surface area (Å²) in [7, 11) is -10.8. The average Bonchev–Trinajstić information content (AvgIpc) is 3.44. The predicted molar refractivity (Wildman–Crippen MR) is 116 cm³/mol. The van der Waals surface area contributed by atoms with Gasteiger partial charge >= 0.3 is 7.82 Å². The summed E-state index contributed by atoms with van der Waals surface area (Å²) in [5.41, 5.74) is 15.2. The molecule has 3 aliphatic heterocycles. The highest BCUT2D eigenvalue weighted by Crippen LogP contribution is 2.59. The number of fused-ring (bicyclic) bond motifs is 7. The molecule has 208 valence electrons. The van der Waals surface area contributed by atoms with E-state index in [-0.39, 0.29) is 29.4 Å². The van der Waals surface area contributed by atoms with Gasteiger partial charge in [-0.25, -0.2) is 18.4 Å². The first-order chi connectivity index (χ1) is 17.8. The van der Waals surface area contributed by atoms with Crippen molar-refractivity contribution in [3.05, 3.63) is 16.8 Å². The fourth-order valence-electron chi connectivity index (χ4n) is 4.77. The van der Waals surface area contributed by atoms with Crippen molar-refractivity contribution in [1.82, 2.24) is 14.5 Å². The van der Waals surface area contributed by atoms with Crippen molar-refractivity contribution < 1.29 is 62.0 Å².